The van der Waals surface area contributed by atoms with E-state index in [9.17, 15) is 4.79 Å². The van der Waals surface area contributed by atoms with Gasteiger partial charge in [0.25, 0.3) is 0 Å². The molecule has 5 nitrogen and oxygen atoms in total. The summed E-state index contributed by atoms with van der Waals surface area (Å²) in [7, 11) is 0. The Kier molecular flexibility index (Phi) is 2.22. The van der Waals surface area contributed by atoms with Crippen molar-refractivity contribution in [1.29, 1.82) is 0 Å². The number of hydrogen-bond donors (Lipinski definition) is 1. The van der Waals surface area contributed by atoms with Gasteiger partial charge in [-0.3, -0.25) is 4.79 Å². The Morgan fingerprint density at radius 3 is 2.79 bits per heavy atom. The molecule has 0 aliphatic heterocycles. The van der Waals surface area contributed by atoms with E-state index < -0.39 is 0 Å². The third-order valence-corrected chi connectivity index (χ3v) is 1.72. The third kappa shape index (κ3) is 1.61. The lowest BCUT2D eigenvalue weighted by Gasteiger charge is -2.02. The zero-order valence-corrected chi connectivity index (χ0v) is 7.29. The van der Waals surface area contributed by atoms with Gasteiger partial charge in [0.15, 0.2) is 0 Å². The number of nitrogens with zero attached hydrogens (tertiary/aromatic N) is 3. The van der Waals surface area contributed by atoms with E-state index in [0.29, 0.717) is 6.41 Å². The maximum atomic E-state index is 10.2. The molecule has 70 valence electrons. The maximum Gasteiger partial charge on any atom is 0.211 e. The van der Waals surface area contributed by atoms with Gasteiger partial charge < -0.3 is 5.32 Å². The normalized spacial score (nSPS) is 9.71. The molecule has 2 rings (SSSR count). The lowest BCUT2D eigenvalue weighted by Crippen LogP contribution is -2.00. The van der Waals surface area contributed by atoms with E-state index in [1.54, 1.807) is 24.5 Å². The second-order valence-electron chi connectivity index (χ2n) is 2.63. The van der Waals surface area contributed by atoms with Gasteiger partial charge in [0.05, 0.1) is 18.1 Å². The average Bonchev–Trinajstić information content (AvgIpc) is 2.71. The van der Waals surface area contributed by atoms with Gasteiger partial charge in [-0.1, -0.05) is 6.07 Å². The van der Waals surface area contributed by atoms with Gasteiger partial charge in [0, 0.05) is 5.69 Å². The van der Waals surface area contributed by atoms with Crippen LogP contribution in [0.3, 0.4) is 0 Å². The molecule has 0 unspecified atom stereocenters. The van der Waals surface area contributed by atoms with Crippen LogP contribution in [0.25, 0.3) is 5.69 Å². The number of aromatic nitrogens is 3. The van der Waals surface area contributed by atoms with Gasteiger partial charge in [0.2, 0.25) is 6.41 Å². The van der Waals surface area contributed by atoms with E-state index >= 15 is 0 Å². The molecule has 2 aromatic rings. The molecular formula is C9H8N4O. The molecule has 1 amide bonds. The largest absolute Gasteiger partial charge is 0.329 e. The second-order valence-corrected chi connectivity index (χ2v) is 2.63. The van der Waals surface area contributed by atoms with Crippen LogP contribution in [0, 0.1) is 0 Å². The molecule has 1 heterocycles. The molecule has 5 heteroatoms. The highest BCUT2D eigenvalue weighted by Gasteiger charge is 1.97. The molecule has 0 bridgehead atoms. The van der Waals surface area contributed by atoms with Gasteiger partial charge in [-0.25, -0.2) is 0 Å². The zero-order chi connectivity index (χ0) is 9.80. The minimum absolute atomic E-state index is 0.635. The molecule has 0 radical (unpaired) electrons. The molecule has 0 spiro atoms. The molecule has 0 fully saturated rings. The fourth-order valence-electron chi connectivity index (χ4n) is 1.14. The first-order valence-electron chi connectivity index (χ1n) is 4.07. The monoisotopic (exact) mass is 188 g/mol. The first-order chi connectivity index (χ1) is 6.90. The molecular weight excluding hydrogens is 180 g/mol. The number of amides is 1. The molecule has 0 atom stereocenters. The second kappa shape index (κ2) is 3.69. The standard InChI is InChI=1S/C9H8N4O/c14-7-10-8-2-1-3-9(6-8)13-11-4-5-12-13/h1-7H,(H,10,14). The summed E-state index contributed by atoms with van der Waals surface area (Å²) >= 11 is 0. The summed E-state index contributed by atoms with van der Waals surface area (Å²) in [6.45, 7) is 0. The fraction of sp³-hybridized carbons (Fsp3) is 0. The summed E-state index contributed by atoms with van der Waals surface area (Å²) in [5.74, 6) is 0. The average molecular weight is 188 g/mol. The minimum Gasteiger partial charge on any atom is -0.329 e. The maximum absolute atomic E-state index is 10.2. The highest BCUT2D eigenvalue weighted by atomic mass is 16.1. The molecule has 1 N–H and O–H groups in total. The number of carbonyl (C=O) groups is 1. The molecule has 0 aliphatic carbocycles. The number of hydrogen-bond acceptors (Lipinski definition) is 3. The van der Waals surface area contributed by atoms with E-state index in [2.05, 4.69) is 15.5 Å². The van der Waals surface area contributed by atoms with E-state index in [1.807, 2.05) is 12.1 Å². The SMILES string of the molecule is O=CNc1cccc(-n2nccn2)c1. The quantitative estimate of drug-likeness (QED) is 0.726. The fourth-order valence-corrected chi connectivity index (χ4v) is 1.14. The van der Waals surface area contributed by atoms with Crippen LogP contribution in [0.4, 0.5) is 5.69 Å². The Hall–Kier alpha value is -2.17. The first kappa shape index (κ1) is 8.43. The smallest absolute Gasteiger partial charge is 0.211 e. The highest BCUT2D eigenvalue weighted by molar-refractivity contribution is 5.72. The lowest BCUT2D eigenvalue weighted by atomic mass is 10.3. The van der Waals surface area contributed by atoms with Crippen LogP contribution in [0.5, 0.6) is 0 Å². The van der Waals surface area contributed by atoms with Gasteiger partial charge in [-0.05, 0) is 18.2 Å². The molecule has 0 saturated carbocycles. The van der Waals surface area contributed by atoms with Crippen molar-refractivity contribution in [1.82, 2.24) is 15.0 Å². The number of benzene rings is 1. The van der Waals surface area contributed by atoms with Crippen molar-refractivity contribution in [3.8, 4) is 5.69 Å². The highest BCUT2D eigenvalue weighted by Crippen LogP contribution is 2.11. The van der Waals surface area contributed by atoms with Crippen molar-refractivity contribution in [2.24, 2.45) is 0 Å². The van der Waals surface area contributed by atoms with Gasteiger partial charge in [0.1, 0.15) is 0 Å². The molecule has 1 aromatic heterocycles. The molecule has 0 saturated heterocycles. The number of nitrogens with one attached hydrogen (secondary N) is 1. The van der Waals surface area contributed by atoms with Gasteiger partial charge in [-0.15, -0.1) is 0 Å². The van der Waals surface area contributed by atoms with Crippen molar-refractivity contribution in [2.45, 2.75) is 0 Å². The van der Waals surface area contributed by atoms with Crippen LogP contribution >= 0.6 is 0 Å². The predicted molar refractivity (Wildman–Crippen MR) is 51.0 cm³/mol. The van der Waals surface area contributed by atoms with Crippen LogP contribution in [0.15, 0.2) is 36.7 Å². The Morgan fingerprint density at radius 2 is 2.07 bits per heavy atom. The van der Waals surface area contributed by atoms with Crippen molar-refractivity contribution in [3.63, 3.8) is 0 Å². The summed E-state index contributed by atoms with van der Waals surface area (Å²) in [5.41, 5.74) is 1.52. The van der Waals surface area contributed by atoms with E-state index in [4.69, 9.17) is 0 Å². The van der Waals surface area contributed by atoms with Crippen molar-refractivity contribution in [2.75, 3.05) is 5.32 Å². The van der Waals surface area contributed by atoms with Crippen LogP contribution in [0.1, 0.15) is 0 Å². The minimum atomic E-state index is 0.635. The zero-order valence-electron chi connectivity index (χ0n) is 7.29. The van der Waals surface area contributed by atoms with Crippen molar-refractivity contribution < 1.29 is 4.79 Å². The summed E-state index contributed by atoms with van der Waals surface area (Å²) in [6, 6.07) is 7.26. The van der Waals surface area contributed by atoms with Crippen molar-refractivity contribution in [3.05, 3.63) is 36.7 Å². The van der Waals surface area contributed by atoms with E-state index in [1.165, 1.54) is 4.80 Å². The summed E-state index contributed by atoms with van der Waals surface area (Å²) < 4.78 is 0. The third-order valence-electron chi connectivity index (χ3n) is 1.72. The van der Waals surface area contributed by atoms with Crippen molar-refractivity contribution >= 4 is 12.1 Å². The molecule has 14 heavy (non-hydrogen) atoms. The summed E-state index contributed by atoms with van der Waals surface area (Å²) in [4.78, 5) is 11.7. The predicted octanol–water partition coefficient (Wildman–Crippen LogP) is 0.836. The summed E-state index contributed by atoms with van der Waals surface area (Å²) in [6.07, 6.45) is 3.83. The van der Waals surface area contributed by atoms with Crippen LogP contribution in [-0.2, 0) is 4.79 Å². The Bertz CT molecular complexity index is 424. The van der Waals surface area contributed by atoms with Crippen LogP contribution in [0.2, 0.25) is 0 Å². The number of rotatable bonds is 3. The van der Waals surface area contributed by atoms with Gasteiger partial charge >= 0.3 is 0 Å². The molecule has 0 aliphatic rings. The molecule has 1 aromatic carbocycles. The topological polar surface area (TPSA) is 59.8 Å². The van der Waals surface area contributed by atoms with E-state index in [-0.39, 0.29) is 0 Å². The number of anilines is 1. The Labute approximate surface area is 80.4 Å². The first-order valence-corrected chi connectivity index (χ1v) is 4.07. The Balaban J connectivity index is 2.35. The van der Waals surface area contributed by atoms with Gasteiger partial charge in [-0.2, -0.15) is 15.0 Å². The summed E-state index contributed by atoms with van der Waals surface area (Å²) in [5, 5.41) is 10.5. The number of carbonyl (C=O) groups excluding carboxylic acids is 1. The van der Waals surface area contributed by atoms with Crippen LogP contribution < -0.4 is 5.32 Å². The lowest BCUT2D eigenvalue weighted by molar-refractivity contribution is -0.105. The Morgan fingerprint density at radius 1 is 1.29 bits per heavy atom. The van der Waals surface area contributed by atoms with E-state index in [0.717, 1.165) is 11.4 Å². The van der Waals surface area contributed by atoms with Crippen LogP contribution in [-0.4, -0.2) is 21.4 Å².